The third kappa shape index (κ3) is 6.18. The summed E-state index contributed by atoms with van der Waals surface area (Å²) in [5.41, 5.74) is 2.92. The molecule has 1 aromatic heterocycles. The molecule has 1 fully saturated rings. The van der Waals surface area contributed by atoms with Gasteiger partial charge in [-0.05, 0) is 45.0 Å². The summed E-state index contributed by atoms with van der Waals surface area (Å²) in [7, 11) is 2.16. The Morgan fingerprint density at radius 1 is 1.14 bits per heavy atom. The van der Waals surface area contributed by atoms with E-state index in [1.54, 1.807) is 11.8 Å². The standard InChI is InChI=1S/C22H31N5OS/c1-5-19-14-20(27-12-10-26(4)11-13-27)25-22(24-19)29-15-17-6-8-18(9-7-17)21(28)23-16(2)3/h6-9,14,16H,5,10-13,15H2,1-4H3,(H,23,28). The molecule has 0 saturated carbocycles. The van der Waals surface area contributed by atoms with Crippen molar-refractivity contribution in [3.05, 3.63) is 47.2 Å². The van der Waals surface area contributed by atoms with E-state index in [4.69, 9.17) is 9.97 Å². The zero-order chi connectivity index (χ0) is 20.8. The molecule has 0 bridgehead atoms. The van der Waals surface area contributed by atoms with Crippen molar-refractivity contribution in [1.82, 2.24) is 20.2 Å². The van der Waals surface area contributed by atoms with Crippen molar-refractivity contribution in [2.75, 3.05) is 38.1 Å². The molecule has 29 heavy (non-hydrogen) atoms. The number of rotatable bonds is 7. The number of hydrogen-bond acceptors (Lipinski definition) is 6. The smallest absolute Gasteiger partial charge is 0.251 e. The molecular formula is C22H31N5OS. The summed E-state index contributed by atoms with van der Waals surface area (Å²) in [5, 5.41) is 3.74. The first-order valence-corrected chi connectivity index (χ1v) is 11.3. The molecule has 0 aliphatic carbocycles. The number of aromatic nitrogens is 2. The van der Waals surface area contributed by atoms with Gasteiger partial charge >= 0.3 is 0 Å². The molecule has 1 saturated heterocycles. The topological polar surface area (TPSA) is 61.4 Å². The van der Waals surface area contributed by atoms with E-state index < -0.39 is 0 Å². The van der Waals surface area contributed by atoms with E-state index in [9.17, 15) is 4.79 Å². The molecular weight excluding hydrogens is 382 g/mol. The minimum atomic E-state index is -0.0324. The van der Waals surface area contributed by atoms with Gasteiger partial charge in [0.15, 0.2) is 5.16 Å². The van der Waals surface area contributed by atoms with Gasteiger partial charge in [0, 0.05) is 55.3 Å². The van der Waals surface area contributed by atoms with Gasteiger partial charge < -0.3 is 15.1 Å². The Labute approximate surface area is 178 Å². The first-order chi connectivity index (χ1) is 13.9. The number of likely N-dealkylation sites (N-methyl/N-ethyl adjacent to an activating group) is 1. The number of piperazine rings is 1. The SMILES string of the molecule is CCc1cc(N2CCN(C)CC2)nc(SCc2ccc(C(=O)NC(C)C)cc2)n1. The third-order valence-corrected chi connectivity index (χ3v) is 5.86. The normalized spacial score (nSPS) is 15.0. The minimum Gasteiger partial charge on any atom is -0.354 e. The first-order valence-electron chi connectivity index (χ1n) is 10.3. The van der Waals surface area contributed by atoms with E-state index in [0.717, 1.165) is 60.6 Å². The van der Waals surface area contributed by atoms with Crippen LogP contribution in [0.5, 0.6) is 0 Å². The maximum absolute atomic E-state index is 12.1. The minimum absolute atomic E-state index is 0.0324. The number of carbonyl (C=O) groups excluding carboxylic acids is 1. The molecule has 1 amide bonds. The maximum Gasteiger partial charge on any atom is 0.251 e. The first kappa shape index (κ1) is 21.6. The van der Waals surface area contributed by atoms with Crippen molar-refractivity contribution in [1.29, 1.82) is 0 Å². The number of hydrogen-bond donors (Lipinski definition) is 1. The van der Waals surface area contributed by atoms with Crippen molar-refractivity contribution >= 4 is 23.5 Å². The average molecular weight is 414 g/mol. The van der Waals surface area contributed by atoms with Crippen molar-refractivity contribution in [3.63, 3.8) is 0 Å². The monoisotopic (exact) mass is 413 g/mol. The predicted molar refractivity (Wildman–Crippen MR) is 120 cm³/mol. The van der Waals surface area contributed by atoms with Crippen LogP contribution >= 0.6 is 11.8 Å². The lowest BCUT2D eigenvalue weighted by molar-refractivity contribution is 0.0943. The fourth-order valence-electron chi connectivity index (χ4n) is 3.15. The molecule has 1 N–H and O–H groups in total. The summed E-state index contributed by atoms with van der Waals surface area (Å²) in [5.74, 6) is 1.78. The summed E-state index contributed by atoms with van der Waals surface area (Å²) < 4.78 is 0. The molecule has 1 aliphatic rings. The molecule has 0 radical (unpaired) electrons. The van der Waals surface area contributed by atoms with Crippen molar-refractivity contribution in [2.45, 2.75) is 44.1 Å². The average Bonchev–Trinajstić information content (AvgIpc) is 2.72. The molecule has 2 heterocycles. The summed E-state index contributed by atoms with van der Waals surface area (Å²) >= 11 is 1.65. The van der Waals surface area contributed by atoms with Crippen molar-refractivity contribution in [2.24, 2.45) is 0 Å². The molecule has 1 aromatic carbocycles. The second kappa shape index (κ2) is 10.1. The van der Waals surface area contributed by atoms with Crippen LogP contribution in [0.4, 0.5) is 5.82 Å². The van der Waals surface area contributed by atoms with Gasteiger partial charge in [0.05, 0.1) is 0 Å². The number of carbonyl (C=O) groups is 1. The fraction of sp³-hybridized carbons (Fsp3) is 0.500. The molecule has 6 nitrogen and oxygen atoms in total. The zero-order valence-electron chi connectivity index (χ0n) is 17.8. The predicted octanol–water partition coefficient (Wildman–Crippen LogP) is 3.22. The van der Waals surface area contributed by atoms with Crippen LogP contribution < -0.4 is 10.2 Å². The number of thioether (sulfide) groups is 1. The van der Waals surface area contributed by atoms with Gasteiger partial charge in [0.1, 0.15) is 5.82 Å². The quantitative estimate of drug-likeness (QED) is 0.556. The highest BCUT2D eigenvalue weighted by Gasteiger charge is 2.17. The molecule has 7 heteroatoms. The Morgan fingerprint density at radius 2 is 1.83 bits per heavy atom. The number of nitrogens with one attached hydrogen (secondary N) is 1. The van der Waals surface area contributed by atoms with E-state index in [1.807, 2.05) is 38.1 Å². The van der Waals surface area contributed by atoms with Crippen LogP contribution in [0.15, 0.2) is 35.5 Å². The van der Waals surface area contributed by atoms with Crippen LogP contribution in [0.3, 0.4) is 0 Å². The highest BCUT2D eigenvalue weighted by molar-refractivity contribution is 7.98. The Morgan fingerprint density at radius 3 is 2.45 bits per heavy atom. The highest BCUT2D eigenvalue weighted by atomic mass is 32.2. The van der Waals surface area contributed by atoms with Gasteiger partial charge in [0.25, 0.3) is 5.91 Å². The summed E-state index contributed by atoms with van der Waals surface area (Å²) in [6, 6.07) is 10.0. The molecule has 156 valence electrons. The van der Waals surface area contributed by atoms with E-state index in [1.165, 1.54) is 0 Å². The Bertz CT molecular complexity index is 816. The third-order valence-electron chi connectivity index (χ3n) is 4.94. The number of nitrogens with zero attached hydrogens (tertiary/aromatic N) is 4. The lowest BCUT2D eigenvalue weighted by Gasteiger charge is -2.33. The van der Waals surface area contributed by atoms with Gasteiger partial charge in [-0.15, -0.1) is 0 Å². The van der Waals surface area contributed by atoms with E-state index in [0.29, 0.717) is 5.56 Å². The maximum atomic E-state index is 12.1. The summed E-state index contributed by atoms with van der Waals surface area (Å²) in [6.45, 7) is 10.2. The van der Waals surface area contributed by atoms with E-state index in [-0.39, 0.29) is 11.9 Å². The van der Waals surface area contributed by atoms with Crippen LogP contribution in [0.1, 0.15) is 42.4 Å². The molecule has 2 aromatic rings. The van der Waals surface area contributed by atoms with Gasteiger partial charge in [-0.3, -0.25) is 4.79 Å². The molecule has 0 spiro atoms. The van der Waals surface area contributed by atoms with E-state index in [2.05, 4.69) is 35.2 Å². The van der Waals surface area contributed by atoms with Crippen LogP contribution in [0.25, 0.3) is 0 Å². The highest BCUT2D eigenvalue weighted by Crippen LogP contribution is 2.24. The van der Waals surface area contributed by atoms with Gasteiger partial charge in [0.2, 0.25) is 0 Å². The number of anilines is 1. The summed E-state index contributed by atoms with van der Waals surface area (Å²) in [6.07, 6.45) is 0.899. The van der Waals surface area contributed by atoms with Crippen molar-refractivity contribution < 1.29 is 4.79 Å². The Balaban J connectivity index is 1.65. The molecule has 0 unspecified atom stereocenters. The molecule has 0 atom stereocenters. The van der Waals surface area contributed by atoms with Crippen LogP contribution in [0, 0.1) is 0 Å². The Kier molecular flexibility index (Phi) is 7.50. The molecule has 1 aliphatic heterocycles. The largest absolute Gasteiger partial charge is 0.354 e. The van der Waals surface area contributed by atoms with Gasteiger partial charge in [-0.2, -0.15) is 0 Å². The second-order valence-electron chi connectivity index (χ2n) is 7.76. The second-order valence-corrected chi connectivity index (χ2v) is 8.70. The summed E-state index contributed by atoms with van der Waals surface area (Å²) in [4.78, 5) is 26.3. The number of aryl methyl sites for hydroxylation is 1. The lowest BCUT2D eigenvalue weighted by Crippen LogP contribution is -2.44. The number of benzene rings is 1. The fourth-order valence-corrected chi connectivity index (χ4v) is 3.98. The lowest BCUT2D eigenvalue weighted by atomic mass is 10.1. The Hall–Kier alpha value is -2.12. The zero-order valence-corrected chi connectivity index (χ0v) is 18.6. The molecule has 3 rings (SSSR count). The van der Waals surface area contributed by atoms with Crippen molar-refractivity contribution in [3.8, 4) is 0 Å². The van der Waals surface area contributed by atoms with Crippen LogP contribution in [0.2, 0.25) is 0 Å². The van der Waals surface area contributed by atoms with Crippen LogP contribution in [-0.4, -0.2) is 60.0 Å². The van der Waals surface area contributed by atoms with Crippen LogP contribution in [-0.2, 0) is 12.2 Å². The van der Waals surface area contributed by atoms with E-state index >= 15 is 0 Å². The van der Waals surface area contributed by atoms with Gasteiger partial charge in [-0.25, -0.2) is 9.97 Å². The number of amides is 1. The van der Waals surface area contributed by atoms with Gasteiger partial charge in [-0.1, -0.05) is 30.8 Å².